The summed E-state index contributed by atoms with van der Waals surface area (Å²) in [5, 5.41) is 10.5. The van der Waals surface area contributed by atoms with Crippen LogP contribution in [-0.4, -0.2) is 47.8 Å². The SMILES string of the molecule is CN=C(NCCCOc1ccccc1)NCCc1noc(-c2ccccn2)n1. The van der Waals surface area contributed by atoms with Gasteiger partial charge in [0.05, 0.1) is 6.61 Å². The van der Waals surface area contributed by atoms with Gasteiger partial charge in [-0.15, -0.1) is 0 Å². The number of pyridine rings is 1. The lowest BCUT2D eigenvalue weighted by Gasteiger charge is -2.11. The molecule has 8 nitrogen and oxygen atoms in total. The van der Waals surface area contributed by atoms with Gasteiger partial charge in [0.1, 0.15) is 11.4 Å². The van der Waals surface area contributed by atoms with Gasteiger partial charge in [-0.2, -0.15) is 4.98 Å². The molecule has 2 aromatic heterocycles. The average molecular weight is 380 g/mol. The van der Waals surface area contributed by atoms with E-state index in [0.717, 1.165) is 24.7 Å². The first-order chi connectivity index (χ1) is 13.8. The van der Waals surface area contributed by atoms with Crippen LogP contribution >= 0.6 is 0 Å². The van der Waals surface area contributed by atoms with Crippen LogP contribution in [0, 0.1) is 0 Å². The minimum absolute atomic E-state index is 0.427. The maximum Gasteiger partial charge on any atom is 0.276 e. The second kappa shape index (κ2) is 10.7. The van der Waals surface area contributed by atoms with E-state index in [4.69, 9.17) is 9.26 Å². The van der Waals surface area contributed by atoms with Gasteiger partial charge >= 0.3 is 0 Å². The molecular formula is C20H24N6O2. The van der Waals surface area contributed by atoms with Crippen LogP contribution in [0.5, 0.6) is 5.75 Å². The van der Waals surface area contributed by atoms with E-state index in [1.54, 1.807) is 13.2 Å². The van der Waals surface area contributed by atoms with Gasteiger partial charge in [-0.1, -0.05) is 29.4 Å². The van der Waals surface area contributed by atoms with Crippen LogP contribution in [0.25, 0.3) is 11.6 Å². The lowest BCUT2D eigenvalue weighted by Crippen LogP contribution is -2.39. The van der Waals surface area contributed by atoms with E-state index in [1.807, 2.05) is 48.5 Å². The summed E-state index contributed by atoms with van der Waals surface area (Å²) < 4.78 is 10.9. The number of aromatic nitrogens is 3. The second-order valence-corrected chi connectivity index (χ2v) is 5.92. The molecule has 0 bridgehead atoms. The molecule has 3 aromatic rings. The Morgan fingerprint density at radius 3 is 2.68 bits per heavy atom. The van der Waals surface area contributed by atoms with Crippen LogP contribution < -0.4 is 15.4 Å². The van der Waals surface area contributed by atoms with E-state index in [0.29, 0.717) is 37.0 Å². The average Bonchev–Trinajstić information content (AvgIpc) is 3.22. The summed E-state index contributed by atoms with van der Waals surface area (Å²) in [5.74, 6) is 2.67. The van der Waals surface area contributed by atoms with Crippen LogP contribution in [0.1, 0.15) is 12.2 Å². The number of ether oxygens (including phenoxy) is 1. The Bertz CT molecular complexity index is 851. The number of hydrogen-bond donors (Lipinski definition) is 2. The van der Waals surface area contributed by atoms with Gasteiger partial charge in [-0.3, -0.25) is 9.98 Å². The zero-order valence-electron chi connectivity index (χ0n) is 15.8. The molecule has 0 spiro atoms. The maximum atomic E-state index is 5.67. The van der Waals surface area contributed by atoms with E-state index in [2.05, 4.69) is 30.8 Å². The van der Waals surface area contributed by atoms with Crippen molar-refractivity contribution < 1.29 is 9.26 Å². The van der Waals surface area contributed by atoms with Gasteiger partial charge in [0.2, 0.25) is 0 Å². The topological polar surface area (TPSA) is 97.5 Å². The van der Waals surface area contributed by atoms with Crippen molar-refractivity contribution in [2.75, 3.05) is 26.7 Å². The minimum Gasteiger partial charge on any atom is -0.494 e. The van der Waals surface area contributed by atoms with Gasteiger partial charge in [-0.25, -0.2) is 0 Å². The highest BCUT2D eigenvalue weighted by atomic mass is 16.5. The van der Waals surface area contributed by atoms with Gasteiger partial charge in [-0.05, 0) is 30.7 Å². The fourth-order valence-corrected chi connectivity index (χ4v) is 2.45. The van der Waals surface area contributed by atoms with Crippen molar-refractivity contribution in [2.45, 2.75) is 12.8 Å². The van der Waals surface area contributed by atoms with Crippen molar-refractivity contribution >= 4 is 5.96 Å². The zero-order valence-corrected chi connectivity index (χ0v) is 15.8. The lowest BCUT2D eigenvalue weighted by molar-refractivity contribution is 0.311. The summed E-state index contributed by atoms with van der Waals surface area (Å²) in [5.41, 5.74) is 0.671. The largest absolute Gasteiger partial charge is 0.494 e. The molecule has 28 heavy (non-hydrogen) atoms. The number of guanidine groups is 1. The Hall–Kier alpha value is -3.42. The molecule has 0 radical (unpaired) electrons. The fourth-order valence-electron chi connectivity index (χ4n) is 2.45. The highest BCUT2D eigenvalue weighted by Gasteiger charge is 2.09. The third-order valence-electron chi connectivity index (χ3n) is 3.84. The molecule has 0 amide bonds. The van der Waals surface area contributed by atoms with Crippen molar-refractivity contribution in [3.63, 3.8) is 0 Å². The van der Waals surface area contributed by atoms with Gasteiger partial charge in [0, 0.05) is 32.8 Å². The quantitative estimate of drug-likeness (QED) is 0.334. The Kier molecular flexibility index (Phi) is 7.37. The summed E-state index contributed by atoms with van der Waals surface area (Å²) in [6.45, 7) is 2.05. The van der Waals surface area contributed by atoms with Crippen molar-refractivity contribution in [1.29, 1.82) is 0 Å². The Morgan fingerprint density at radius 2 is 1.89 bits per heavy atom. The van der Waals surface area contributed by atoms with Crippen LogP contribution in [0.2, 0.25) is 0 Å². The first-order valence-electron chi connectivity index (χ1n) is 9.21. The minimum atomic E-state index is 0.427. The van der Waals surface area contributed by atoms with E-state index < -0.39 is 0 Å². The normalized spacial score (nSPS) is 11.2. The third-order valence-corrected chi connectivity index (χ3v) is 3.84. The molecule has 0 atom stereocenters. The smallest absolute Gasteiger partial charge is 0.276 e. The Labute approximate surface area is 164 Å². The second-order valence-electron chi connectivity index (χ2n) is 5.92. The predicted molar refractivity (Wildman–Crippen MR) is 107 cm³/mol. The summed E-state index contributed by atoms with van der Waals surface area (Å²) >= 11 is 0. The first kappa shape index (κ1) is 19.3. The van der Waals surface area contributed by atoms with Crippen LogP contribution in [-0.2, 0) is 6.42 Å². The number of aliphatic imine (C=N–C) groups is 1. The van der Waals surface area contributed by atoms with Gasteiger partial charge < -0.3 is 19.9 Å². The number of benzene rings is 1. The van der Waals surface area contributed by atoms with Crippen molar-refractivity contribution in [1.82, 2.24) is 25.8 Å². The number of nitrogens with one attached hydrogen (secondary N) is 2. The number of rotatable bonds is 9. The number of para-hydroxylation sites is 1. The Balaban J connectivity index is 1.33. The summed E-state index contributed by atoms with van der Waals surface area (Å²) in [4.78, 5) is 12.8. The zero-order chi connectivity index (χ0) is 19.4. The number of nitrogens with zero attached hydrogens (tertiary/aromatic N) is 4. The molecule has 0 unspecified atom stereocenters. The van der Waals surface area contributed by atoms with E-state index in [-0.39, 0.29) is 0 Å². The highest BCUT2D eigenvalue weighted by Crippen LogP contribution is 2.13. The van der Waals surface area contributed by atoms with Crippen LogP contribution in [0.3, 0.4) is 0 Å². The summed E-state index contributed by atoms with van der Waals surface area (Å²) in [6.07, 6.45) is 3.18. The predicted octanol–water partition coefficient (Wildman–Crippen LogP) is 2.31. The standard InChI is InChI=1S/C20H24N6O2/c1-21-20(23-13-7-15-27-16-8-3-2-4-9-16)24-14-11-18-25-19(28-26-18)17-10-5-6-12-22-17/h2-6,8-10,12H,7,11,13-15H2,1H3,(H2,21,23,24). The maximum absolute atomic E-state index is 5.67. The molecule has 0 fully saturated rings. The number of hydrogen-bond acceptors (Lipinski definition) is 6. The molecule has 2 N–H and O–H groups in total. The molecule has 0 aliphatic carbocycles. The highest BCUT2D eigenvalue weighted by molar-refractivity contribution is 5.79. The van der Waals surface area contributed by atoms with Crippen molar-refractivity contribution in [3.8, 4) is 17.3 Å². The monoisotopic (exact) mass is 380 g/mol. The third kappa shape index (κ3) is 6.08. The fraction of sp³-hybridized carbons (Fsp3) is 0.300. The first-order valence-corrected chi connectivity index (χ1v) is 9.21. The van der Waals surface area contributed by atoms with Gasteiger partial charge in [0.15, 0.2) is 11.8 Å². The molecule has 8 heteroatoms. The van der Waals surface area contributed by atoms with E-state index >= 15 is 0 Å². The molecule has 0 aliphatic rings. The molecule has 0 saturated carbocycles. The van der Waals surface area contributed by atoms with Crippen molar-refractivity contribution in [2.24, 2.45) is 4.99 Å². The van der Waals surface area contributed by atoms with Crippen molar-refractivity contribution in [3.05, 3.63) is 60.6 Å². The molecule has 0 saturated heterocycles. The molecule has 146 valence electrons. The molecular weight excluding hydrogens is 356 g/mol. The van der Waals surface area contributed by atoms with Crippen LogP contribution in [0.15, 0.2) is 64.2 Å². The molecule has 1 aromatic carbocycles. The molecule has 0 aliphatic heterocycles. The lowest BCUT2D eigenvalue weighted by atomic mass is 10.3. The summed E-state index contributed by atoms with van der Waals surface area (Å²) in [6, 6.07) is 15.4. The molecule has 3 rings (SSSR count). The van der Waals surface area contributed by atoms with E-state index in [1.165, 1.54) is 0 Å². The van der Waals surface area contributed by atoms with Gasteiger partial charge in [0.25, 0.3) is 5.89 Å². The summed E-state index contributed by atoms with van der Waals surface area (Å²) in [7, 11) is 1.74. The van der Waals surface area contributed by atoms with Crippen LogP contribution in [0.4, 0.5) is 0 Å². The Morgan fingerprint density at radius 1 is 1.07 bits per heavy atom. The van der Waals surface area contributed by atoms with E-state index in [9.17, 15) is 0 Å². The molecule has 2 heterocycles.